The Labute approximate surface area is 107 Å². The molecular weight excluding hydrogens is 236 g/mol. The van der Waals surface area contributed by atoms with Crippen LogP contribution in [0.3, 0.4) is 0 Å². The van der Waals surface area contributed by atoms with Gasteiger partial charge in [0.1, 0.15) is 6.33 Å². The molecular formula is C11H18N4OS. The van der Waals surface area contributed by atoms with Crippen LogP contribution in [0, 0.1) is 0 Å². The molecule has 0 unspecified atom stereocenters. The van der Waals surface area contributed by atoms with Gasteiger partial charge in [-0.3, -0.25) is 0 Å². The third-order valence-electron chi connectivity index (χ3n) is 2.03. The van der Waals surface area contributed by atoms with Gasteiger partial charge in [-0.2, -0.15) is 0 Å². The van der Waals surface area contributed by atoms with Crippen LogP contribution in [0.4, 0.5) is 0 Å². The van der Waals surface area contributed by atoms with Gasteiger partial charge in [0.15, 0.2) is 5.11 Å². The monoisotopic (exact) mass is 254 g/mol. The number of nitrogens with one attached hydrogen (secondary N) is 2. The molecule has 0 saturated carbocycles. The van der Waals surface area contributed by atoms with Crippen LogP contribution >= 0.6 is 12.2 Å². The van der Waals surface area contributed by atoms with E-state index in [4.69, 9.17) is 17.0 Å². The van der Waals surface area contributed by atoms with Crippen molar-refractivity contribution in [2.75, 3.05) is 19.8 Å². The van der Waals surface area contributed by atoms with Gasteiger partial charge < -0.3 is 15.4 Å². The Bertz CT molecular complexity index is 321. The lowest BCUT2D eigenvalue weighted by atomic mass is 10.4. The lowest BCUT2D eigenvalue weighted by Gasteiger charge is -2.09. The van der Waals surface area contributed by atoms with Crippen LogP contribution in [0.25, 0.3) is 0 Å². The predicted molar refractivity (Wildman–Crippen MR) is 70.6 cm³/mol. The third-order valence-corrected chi connectivity index (χ3v) is 2.32. The van der Waals surface area contributed by atoms with E-state index in [2.05, 4.69) is 20.6 Å². The Morgan fingerprint density at radius 3 is 3.06 bits per heavy atom. The highest BCUT2D eigenvalue weighted by molar-refractivity contribution is 7.80. The maximum atomic E-state index is 5.22. The van der Waals surface area contributed by atoms with Crippen molar-refractivity contribution in [1.82, 2.24) is 20.6 Å². The normalized spacial score (nSPS) is 9.94. The summed E-state index contributed by atoms with van der Waals surface area (Å²) in [6.45, 7) is 4.94. The minimum Gasteiger partial charge on any atom is -0.382 e. The Kier molecular flexibility index (Phi) is 7.17. The number of thiocarbonyl (C=S) groups is 1. The zero-order valence-electron chi connectivity index (χ0n) is 9.98. The summed E-state index contributed by atoms with van der Waals surface area (Å²) >= 11 is 5.12. The number of nitrogens with zero attached hydrogens (tertiary/aromatic N) is 2. The highest BCUT2D eigenvalue weighted by Crippen LogP contribution is 1.89. The van der Waals surface area contributed by atoms with Gasteiger partial charge in [-0.25, -0.2) is 9.97 Å². The van der Waals surface area contributed by atoms with Crippen molar-refractivity contribution >= 4 is 17.3 Å². The van der Waals surface area contributed by atoms with Crippen molar-refractivity contribution in [1.29, 1.82) is 0 Å². The number of rotatable bonds is 7. The molecule has 2 N–H and O–H groups in total. The SMILES string of the molecule is CCOCCCNC(=S)NCc1ccncn1. The molecule has 0 bridgehead atoms. The zero-order chi connectivity index (χ0) is 12.3. The molecule has 0 aromatic carbocycles. The number of aromatic nitrogens is 2. The van der Waals surface area contributed by atoms with E-state index in [1.807, 2.05) is 13.0 Å². The van der Waals surface area contributed by atoms with Crippen LogP contribution in [0.15, 0.2) is 18.6 Å². The molecule has 0 atom stereocenters. The first-order chi connectivity index (χ1) is 8.33. The summed E-state index contributed by atoms with van der Waals surface area (Å²) in [6, 6.07) is 1.85. The molecule has 0 aliphatic heterocycles. The average Bonchev–Trinajstić information content (AvgIpc) is 2.37. The minimum atomic E-state index is 0.611. The van der Waals surface area contributed by atoms with Crippen molar-refractivity contribution in [3.8, 4) is 0 Å². The molecule has 6 heteroatoms. The second kappa shape index (κ2) is 8.83. The molecule has 1 aromatic heterocycles. The lowest BCUT2D eigenvalue weighted by Crippen LogP contribution is -2.35. The van der Waals surface area contributed by atoms with Gasteiger partial charge >= 0.3 is 0 Å². The molecule has 17 heavy (non-hydrogen) atoms. The topological polar surface area (TPSA) is 59.1 Å². The summed E-state index contributed by atoms with van der Waals surface area (Å²) in [5.41, 5.74) is 0.915. The standard InChI is InChI=1S/C11H18N4OS/c1-2-16-7-3-5-13-11(17)14-8-10-4-6-12-9-15-10/h4,6,9H,2-3,5,7-8H2,1H3,(H2,13,14,17). The van der Waals surface area contributed by atoms with E-state index in [-0.39, 0.29) is 0 Å². The Balaban J connectivity index is 2.05. The molecule has 0 aliphatic carbocycles. The number of hydrogen-bond acceptors (Lipinski definition) is 4. The number of hydrogen-bond donors (Lipinski definition) is 2. The first-order valence-corrected chi connectivity index (χ1v) is 6.08. The Morgan fingerprint density at radius 1 is 1.47 bits per heavy atom. The molecule has 1 rings (SSSR count). The summed E-state index contributed by atoms with van der Waals surface area (Å²) < 4.78 is 5.22. The first kappa shape index (κ1) is 13.8. The fourth-order valence-electron chi connectivity index (χ4n) is 1.18. The molecule has 0 aliphatic rings. The average molecular weight is 254 g/mol. The zero-order valence-corrected chi connectivity index (χ0v) is 10.8. The fraction of sp³-hybridized carbons (Fsp3) is 0.545. The van der Waals surface area contributed by atoms with Crippen LogP contribution in [-0.4, -0.2) is 34.8 Å². The van der Waals surface area contributed by atoms with Gasteiger partial charge in [0, 0.05) is 26.0 Å². The highest BCUT2D eigenvalue weighted by atomic mass is 32.1. The van der Waals surface area contributed by atoms with E-state index in [9.17, 15) is 0 Å². The predicted octanol–water partition coefficient (Wildman–Crippen LogP) is 0.867. The van der Waals surface area contributed by atoms with Crippen LogP contribution in [0.1, 0.15) is 19.0 Å². The van der Waals surface area contributed by atoms with E-state index >= 15 is 0 Å². The Hall–Kier alpha value is -1.27. The quantitative estimate of drug-likeness (QED) is 0.556. The lowest BCUT2D eigenvalue weighted by molar-refractivity contribution is 0.145. The summed E-state index contributed by atoms with van der Waals surface area (Å²) in [4.78, 5) is 7.94. The minimum absolute atomic E-state index is 0.611. The van der Waals surface area contributed by atoms with E-state index < -0.39 is 0 Å². The first-order valence-electron chi connectivity index (χ1n) is 5.67. The van der Waals surface area contributed by atoms with Crippen molar-refractivity contribution in [2.45, 2.75) is 19.9 Å². The molecule has 1 heterocycles. The second-order valence-electron chi connectivity index (χ2n) is 3.36. The molecule has 1 aromatic rings. The third kappa shape index (κ3) is 6.80. The van der Waals surface area contributed by atoms with Gasteiger partial charge in [0.25, 0.3) is 0 Å². The van der Waals surface area contributed by atoms with Gasteiger partial charge in [-0.05, 0) is 31.6 Å². The molecule has 0 spiro atoms. The smallest absolute Gasteiger partial charge is 0.166 e. The molecule has 5 nitrogen and oxygen atoms in total. The van der Waals surface area contributed by atoms with E-state index in [0.717, 1.165) is 31.9 Å². The van der Waals surface area contributed by atoms with Gasteiger partial charge in [0.05, 0.1) is 12.2 Å². The van der Waals surface area contributed by atoms with Gasteiger partial charge in [-0.1, -0.05) is 0 Å². The molecule has 0 saturated heterocycles. The van der Waals surface area contributed by atoms with Crippen LogP contribution in [0.5, 0.6) is 0 Å². The van der Waals surface area contributed by atoms with Gasteiger partial charge in [0.2, 0.25) is 0 Å². The van der Waals surface area contributed by atoms with Gasteiger partial charge in [-0.15, -0.1) is 0 Å². The summed E-state index contributed by atoms with van der Waals surface area (Å²) in [5.74, 6) is 0. The van der Waals surface area contributed by atoms with E-state index in [0.29, 0.717) is 11.7 Å². The largest absolute Gasteiger partial charge is 0.382 e. The number of ether oxygens (including phenoxy) is 1. The molecule has 0 amide bonds. The summed E-state index contributed by atoms with van der Waals surface area (Å²) in [5, 5.41) is 6.83. The van der Waals surface area contributed by atoms with Crippen molar-refractivity contribution in [3.63, 3.8) is 0 Å². The molecule has 0 radical (unpaired) electrons. The van der Waals surface area contributed by atoms with E-state index in [1.165, 1.54) is 6.33 Å². The van der Waals surface area contributed by atoms with Crippen molar-refractivity contribution < 1.29 is 4.74 Å². The van der Waals surface area contributed by atoms with E-state index in [1.54, 1.807) is 6.20 Å². The molecule has 94 valence electrons. The van der Waals surface area contributed by atoms with Crippen LogP contribution < -0.4 is 10.6 Å². The maximum absolute atomic E-state index is 5.22. The van der Waals surface area contributed by atoms with Crippen molar-refractivity contribution in [3.05, 3.63) is 24.3 Å². The highest BCUT2D eigenvalue weighted by Gasteiger charge is 1.96. The van der Waals surface area contributed by atoms with Crippen molar-refractivity contribution in [2.24, 2.45) is 0 Å². The van der Waals surface area contributed by atoms with Crippen LogP contribution in [0.2, 0.25) is 0 Å². The summed E-state index contributed by atoms with van der Waals surface area (Å²) in [7, 11) is 0. The van der Waals surface area contributed by atoms with Crippen LogP contribution in [-0.2, 0) is 11.3 Å². The molecule has 0 fully saturated rings. The second-order valence-corrected chi connectivity index (χ2v) is 3.77. The fourth-order valence-corrected chi connectivity index (χ4v) is 1.35. The maximum Gasteiger partial charge on any atom is 0.166 e. The Morgan fingerprint density at radius 2 is 2.35 bits per heavy atom. The summed E-state index contributed by atoms with van der Waals surface area (Å²) in [6.07, 6.45) is 4.18.